The standard InChI is InChI=1S/C23H23BrN2O4/c1-28-18-6-4-15(5-7-18)16-10-17-13-25-20-12-22(30-9-3-8-24)21(29-2)11-19(20)23(27)26(17)14-16/h4-7,11-14,17H,3,8-10H2,1-2H3. The molecule has 6 nitrogen and oxygen atoms in total. The van der Waals surface area contributed by atoms with Gasteiger partial charge in [-0.2, -0.15) is 0 Å². The molecule has 0 fully saturated rings. The summed E-state index contributed by atoms with van der Waals surface area (Å²) in [6.45, 7) is 0.556. The minimum absolute atomic E-state index is 0.0960. The Morgan fingerprint density at radius 1 is 1.13 bits per heavy atom. The third-order valence-corrected chi connectivity index (χ3v) is 5.77. The monoisotopic (exact) mass is 470 g/mol. The third kappa shape index (κ3) is 3.94. The van der Waals surface area contributed by atoms with Crippen molar-refractivity contribution in [3.63, 3.8) is 0 Å². The topological polar surface area (TPSA) is 60.4 Å². The van der Waals surface area contributed by atoms with E-state index in [9.17, 15) is 4.79 Å². The average molecular weight is 471 g/mol. The van der Waals surface area contributed by atoms with E-state index in [1.807, 2.05) is 36.7 Å². The fraction of sp³-hybridized carbons (Fsp3) is 0.304. The first kappa shape index (κ1) is 20.5. The second kappa shape index (κ2) is 8.92. The molecule has 30 heavy (non-hydrogen) atoms. The van der Waals surface area contributed by atoms with E-state index in [4.69, 9.17) is 14.2 Å². The van der Waals surface area contributed by atoms with Crippen LogP contribution in [0.5, 0.6) is 17.2 Å². The van der Waals surface area contributed by atoms with Crippen LogP contribution >= 0.6 is 15.9 Å². The number of nitrogens with zero attached hydrogens (tertiary/aromatic N) is 2. The predicted molar refractivity (Wildman–Crippen MR) is 121 cm³/mol. The fourth-order valence-corrected chi connectivity index (χ4v) is 3.84. The van der Waals surface area contributed by atoms with Crippen molar-refractivity contribution in [2.45, 2.75) is 18.9 Å². The number of aliphatic imine (C=N–C) groups is 1. The summed E-state index contributed by atoms with van der Waals surface area (Å²) in [7, 11) is 3.22. The highest BCUT2D eigenvalue weighted by atomic mass is 79.9. The van der Waals surface area contributed by atoms with Crippen LogP contribution in [0.25, 0.3) is 5.57 Å². The van der Waals surface area contributed by atoms with Gasteiger partial charge in [0.1, 0.15) is 5.75 Å². The van der Waals surface area contributed by atoms with E-state index >= 15 is 0 Å². The molecule has 2 aliphatic rings. The Morgan fingerprint density at radius 3 is 2.63 bits per heavy atom. The van der Waals surface area contributed by atoms with Gasteiger partial charge in [-0.3, -0.25) is 9.79 Å². The number of benzene rings is 2. The Hall–Kier alpha value is -2.80. The summed E-state index contributed by atoms with van der Waals surface area (Å²) in [5, 5.41) is 0.858. The normalized spacial score (nSPS) is 17.2. The van der Waals surface area contributed by atoms with E-state index in [1.54, 1.807) is 31.3 Å². The van der Waals surface area contributed by atoms with E-state index in [-0.39, 0.29) is 11.9 Å². The van der Waals surface area contributed by atoms with Crippen LogP contribution in [0.3, 0.4) is 0 Å². The van der Waals surface area contributed by atoms with Crippen molar-refractivity contribution in [3.8, 4) is 17.2 Å². The number of alkyl halides is 1. The zero-order valence-corrected chi connectivity index (χ0v) is 18.5. The molecule has 7 heteroatoms. The number of carbonyl (C=O) groups excluding carboxylic acids is 1. The number of fused-ring (bicyclic) bond motifs is 2. The SMILES string of the molecule is COc1ccc(C2=CN3C(=O)c4cc(OC)c(OCCCBr)cc4N=CC3C2)cc1. The summed E-state index contributed by atoms with van der Waals surface area (Å²) < 4.78 is 16.5. The molecular formula is C23H23BrN2O4. The second-order valence-electron chi connectivity index (χ2n) is 7.06. The molecule has 0 radical (unpaired) electrons. The molecule has 0 bridgehead atoms. The summed E-state index contributed by atoms with van der Waals surface area (Å²) in [4.78, 5) is 19.7. The van der Waals surface area contributed by atoms with Crippen LogP contribution in [0.2, 0.25) is 0 Å². The van der Waals surface area contributed by atoms with Gasteiger partial charge in [0.25, 0.3) is 5.91 Å². The number of halogens is 1. The van der Waals surface area contributed by atoms with E-state index in [2.05, 4.69) is 20.9 Å². The van der Waals surface area contributed by atoms with Crippen molar-refractivity contribution in [1.82, 2.24) is 4.90 Å². The highest BCUT2D eigenvalue weighted by molar-refractivity contribution is 9.09. The minimum atomic E-state index is -0.120. The summed E-state index contributed by atoms with van der Waals surface area (Å²) in [6, 6.07) is 11.2. The Labute approximate surface area is 184 Å². The van der Waals surface area contributed by atoms with Crippen LogP contribution in [-0.4, -0.2) is 49.2 Å². The number of methoxy groups -OCH3 is 2. The van der Waals surface area contributed by atoms with E-state index in [0.717, 1.165) is 28.6 Å². The lowest BCUT2D eigenvalue weighted by molar-refractivity contribution is 0.0817. The maximum Gasteiger partial charge on any atom is 0.260 e. The number of hydrogen-bond acceptors (Lipinski definition) is 5. The third-order valence-electron chi connectivity index (χ3n) is 5.21. The number of hydrogen-bond donors (Lipinski definition) is 0. The summed E-state index contributed by atoms with van der Waals surface area (Å²) in [5.74, 6) is 1.84. The van der Waals surface area contributed by atoms with E-state index in [0.29, 0.717) is 35.8 Å². The first-order chi connectivity index (χ1) is 14.6. The smallest absolute Gasteiger partial charge is 0.260 e. The van der Waals surface area contributed by atoms with Gasteiger partial charge in [0.05, 0.1) is 38.1 Å². The van der Waals surface area contributed by atoms with Gasteiger partial charge in [-0.1, -0.05) is 28.1 Å². The lowest BCUT2D eigenvalue weighted by atomic mass is 10.0. The minimum Gasteiger partial charge on any atom is -0.497 e. The van der Waals surface area contributed by atoms with Gasteiger partial charge in [0.15, 0.2) is 11.5 Å². The highest BCUT2D eigenvalue weighted by Crippen LogP contribution is 2.39. The van der Waals surface area contributed by atoms with Gasteiger partial charge in [-0.15, -0.1) is 0 Å². The zero-order chi connectivity index (χ0) is 21.1. The van der Waals surface area contributed by atoms with Crippen LogP contribution in [0, 0.1) is 0 Å². The highest BCUT2D eigenvalue weighted by Gasteiger charge is 2.33. The Bertz CT molecular complexity index is 1000. The molecule has 0 saturated carbocycles. The Morgan fingerprint density at radius 2 is 1.93 bits per heavy atom. The van der Waals surface area contributed by atoms with Crippen LogP contribution in [0.1, 0.15) is 28.8 Å². The molecule has 2 heterocycles. The molecule has 0 N–H and O–H groups in total. The van der Waals surface area contributed by atoms with Gasteiger partial charge in [-0.05, 0) is 35.8 Å². The van der Waals surface area contributed by atoms with Crippen molar-refractivity contribution in [1.29, 1.82) is 0 Å². The molecule has 0 saturated heterocycles. The Balaban J connectivity index is 1.63. The van der Waals surface area contributed by atoms with Crippen molar-refractivity contribution in [2.75, 3.05) is 26.2 Å². The number of carbonyl (C=O) groups is 1. The van der Waals surface area contributed by atoms with Gasteiger partial charge in [0.2, 0.25) is 0 Å². The molecule has 2 aromatic rings. The van der Waals surface area contributed by atoms with Gasteiger partial charge in [0, 0.05) is 30.2 Å². The Kier molecular flexibility index (Phi) is 6.08. The second-order valence-corrected chi connectivity index (χ2v) is 7.85. The number of rotatable bonds is 7. The molecule has 0 aromatic heterocycles. The predicted octanol–water partition coefficient (Wildman–Crippen LogP) is 4.84. The summed E-state index contributed by atoms with van der Waals surface area (Å²) in [5.41, 5.74) is 3.26. The van der Waals surface area contributed by atoms with E-state index < -0.39 is 0 Å². The molecule has 156 valence electrons. The molecule has 1 amide bonds. The summed E-state index contributed by atoms with van der Waals surface area (Å²) in [6.07, 6.45) is 5.34. The van der Waals surface area contributed by atoms with Crippen LogP contribution in [0.15, 0.2) is 47.6 Å². The largest absolute Gasteiger partial charge is 0.497 e. The summed E-state index contributed by atoms with van der Waals surface area (Å²) >= 11 is 3.40. The lowest BCUT2D eigenvalue weighted by Crippen LogP contribution is -2.32. The van der Waals surface area contributed by atoms with Crippen LogP contribution in [0.4, 0.5) is 5.69 Å². The van der Waals surface area contributed by atoms with Crippen LogP contribution < -0.4 is 14.2 Å². The molecule has 2 aliphatic heterocycles. The lowest BCUT2D eigenvalue weighted by Gasteiger charge is -2.19. The average Bonchev–Trinajstić information content (AvgIpc) is 3.16. The van der Waals surface area contributed by atoms with Gasteiger partial charge < -0.3 is 19.1 Å². The molecule has 0 aliphatic carbocycles. The van der Waals surface area contributed by atoms with Gasteiger partial charge in [-0.25, -0.2) is 0 Å². The van der Waals surface area contributed by atoms with Crippen molar-refractivity contribution in [2.24, 2.45) is 4.99 Å². The molecule has 2 aromatic carbocycles. The first-order valence-electron chi connectivity index (χ1n) is 9.77. The molecular weight excluding hydrogens is 448 g/mol. The molecule has 1 unspecified atom stereocenters. The maximum absolute atomic E-state index is 13.3. The molecule has 4 rings (SSSR count). The van der Waals surface area contributed by atoms with Crippen LogP contribution in [-0.2, 0) is 0 Å². The quantitative estimate of drug-likeness (QED) is 0.429. The van der Waals surface area contributed by atoms with Crippen molar-refractivity contribution < 1.29 is 19.0 Å². The zero-order valence-electron chi connectivity index (χ0n) is 16.9. The van der Waals surface area contributed by atoms with Crippen molar-refractivity contribution in [3.05, 3.63) is 53.7 Å². The molecule has 1 atom stereocenters. The van der Waals surface area contributed by atoms with Gasteiger partial charge >= 0.3 is 0 Å². The van der Waals surface area contributed by atoms with E-state index in [1.165, 1.54) is 0 Å². The number of amides is 1. The van der Waals surface area contributed by atoms with Crippen molar-refractivity contribution >= 4 is 39.3 Å². The number of ether oxygens (including phenoxy) is 3. The fourth-order valence-electron chi connectivity index (χ4n) is 3.61. The maximum atomic E-state index is 13.3. The molecule has 0 spiro atoms. The first-order valence-corrected chi connectivity index (χ1v) is 10.9.